The van der Waals surface area contributed by atoms with Crippen LogP contribution in [0.4, 0.5) is 4.79 Å². The molecule has 0 rings (SSSR count). The van der Waals surface area contributed by atoms with E-state index in [1.807, 2.05) is 13.8 Å². The van der Waals surface area contributed by atoms with Crippen molar-refractivity contribution in [3.63, 3.8) is 0 Å². The lowest BCUT2D eigenvalue weighted by Gasteiger charge is -2.08. The lowest BCUT2D eigenvalue weighted by Crippen LogP contribution is -2.17. The average Bonchev–Trinajstić information content (AvgIpc) is 2.55. The van der Waals surface area contributed by atoms with Crippen molar-refractivity contribution >= 4 is 6.16 Å². The maximum Gasteiger partial charge on any atom is 0.508 e. The Kier molecular flexibility index (Phi) is 18.3. The molecule has 0 aromatic heterocycles. The Labute approximate surface area is 138 Å². The van der Waals surface area contributed by atoms with Crippen molar-refractivity contribution in [1.82, 2.24) is 0 Å². The molecule has 0 spiro atoms. The zero-order chi connectivity index (χ0) is 17.0. The summed E-state index contributed by atoms with van der Waals surface area (Å²) < 4.78 is 35.5. The summed E-state index contributed by atoms with van der Waals surface area (Å²) in [7, 11) is 0. The molecule has 0 fully saturated rings. The van der Waals surface area contributed by atoms with Crippen LogP contribution in [0.5, 0.6) is 0 Å². The maximum atomic E-state index is 11.2. The molecule has 0 amide bonds. The van der Waals surface area contributed by atoms with Crippen molar-refractivity contribution in [3.8, 4) is 0 Å². The van der Waals surface area contributed by atoms with E-state index < -0.39 is 6.16 Å². The predicted molar refractivity (Wildman–Crippen MR) is 82.7 cm³/mol. The zero-order valence-electron chi connectivity index (χ0n) is 14.3. The number of rotatable bonds is 17. The average molecular weight is 338 g/mol. The van der Waals surface area contributed by atoms with Gasteiger partial charge in [0.15, 0.2) is 0 Å². The molecular weight excluding hydrogens is 308 g/mol. The summed E-state index contributed by atoms with van der Waals surface area (Å²) >= 11 is 0. The van der Waals surface area contributed by atoms with Gasteiger partial charge in [-0.15, -0.1) is 0 Å². The molecule has 0 aliphatic rings. The smallest absolute Gasteiger partial charge is 0.432 e. The summed E-state index contributed by atoms with van der Waals surface area (Å²) in [6.07, 6.45) is -0.727. The fourth-order valence-electron chi connectivity index (χ4n) is 1.36. The minimum atomic E-state index is -0.727. The van der Waals surface area contributed by atoms with Crippen LogP contribution in [0.1, 0.15) is 13.8 Å². The van der Waals surface area contributed by atoms with Crippen LogP contribution in [-0.2, 0) is 33.2 Å². The summed E-state index contributed by atoms with van der Waals surface area (Å²) in [5.41, 5.74) is 0. The number of carbonyl (C=O) groups excluding carboxylic acids is 1. The normalized spacial score (nSPS) is 10.7. The second-order valence-corrected chi connectivity index (χ2v) is 4.18. The Morgan fingerprint density at radius 3 is 1.17 bits per heavy atom. The van der Waals surface area contributed by atoms with E-state index in [0.29, 0.717) is 66.1 Å². The molecule has 0 saturated carbocycles. The van der Waals surface area contributed by atoms with Crippen LogP contribution in [0.25, 0.3) is 0 Å². The second-order valence-electron chi connectivity index (χ2n) is 4.18. The molecule has 0 N–H and O–H groups in total. The lowest BCUT2D eigenvalue weighted by atomic mass is 10.7. The quantitative estimate of drug-likeness (QED) is 0.290. The van der Waals surface area contributed by atoms with Crippen LogP contribution in [0.15, 0.2) is 0 Å². The first-order chi connectivity index (χ1) is 11.3. The number of hydrogen-bond donors (Lipinski definition) is 0. The van der Waals surface area contributed by atoms with E-state index in [-0.39, 0.29) is 13.2 Å². The van der Waals surface area contributed by atoms with Gasteiger partial charge in [-0.3, -0.25) is 0 Å². The molecule has 0 aromatic carbocycles. The Hall–Kier alpha value is -0.930. The van der Waals surface area contributed by atoms with E-state index >= 15 is 0 Å². The molecule has 8 nitrogen and oxygen atoms in total. The van der Waals surface area contributed by atoms with E-state index in [2.05, 4.69) is 0 Å². The van der Waals surface area contributed by atoms with Crippen LogP contribution in [0.3, 0.4) is 0 Å². The molecule has 0 saturated heterocycles. The van der Waals surface area contributed by atoms with Gasteiger partial charge in [0.2, 0.25) is 0 Å². The minimum Gasteiger partial charge on any atom is -0.432 e. The first kappa shape index (κ1) is 22.1. The van der Waals surface area contributed by atoms with Crippen LogP contribution in [-0.4, -0.2) is 85.4 Å². The van der Waals surface area contributed by atoms with Gasteiger partial charge in [-0.2, -0.15) is 0 Å². The van der Waals surface area contributed by atoms with E-state index in [9.17, 15) is 4.79 Å². The first-order valence-corrected chi connectivity index (χ1v) is 7.99. The van der Waals surface area contributed by atoms with E-state index in [1.165, 1.54) is 0 Å². The topological polar surface area (TPSA) is 81.7 Å². The Bertz CT molecular complexity index is 250. The van der Waals surface area contributed by atoms with Crippen LogP contribution < -0.4 is 0 Å². The van der Waals surface area contributed by atoms with E-state index in [0.717, 1.165) is 0 Å². The molecule has 0 aliphatic heterocycles. The lowest BCUT2D eigenvalue weighted by molar-refractivity contribution is -0.0104. The highest BCUT2D eigenvalue weighted by atomic mass is 16.7. The van der Waals surface area contributed by atoms with Crippen molar-refractivity contribution < 1.29 is 38.0 Å². The third-order valence-electron chi connectivity index (χ3n) is 2.42. The number of hydrogen-bond acceptors (Lipinski definition) is 8. The van der Waals surface area contributed by atoms with Crippen molar-refractivity contribution in [2.24, 2.45) is 0 Å². The highest BCUT2D eigenvalue weighted by molar-refractivity contribution is 5.59. The van der Waals surface area contributed by atoms with Gasteiger partial charge in [-0.1, -0.05) is 0 Å². The van der Waals surface area contributed by atoms with Gasteiger partial charge in [-0.05, 0) is 13.8 Å². The molecule has 23 heavy (non-hydrogen) atoms. The second kappa shape index (κ2) is 19.1. The summed E-state index contributed by atoms with van der Waals surface area (Å²) in [6, 6.07) is 0. The van der Waals surface area contributed by atoms with Gasteiger partial charge in [0.1, 0.15) is 13.2 Å². The fraction of sp³-hybridized carbons (Fsp3) is 0.933. The van der Waals surface area contributed by atoms with Crippen LogP contribution in [0, 0.1) is 0 Å². The molecule has 0 heterocycles. The Morgan fingerprint density at radius 1 is 0.522 bits per heavy atom. The summed E-state index contributed by atoms with van der Waals surface area (Å²) in [6.45, 7) is 9.18. The molecule has 0 atom stereocenters. The molecule has 0 unspecified atom stereocenters. The van der Waals surface area contributed by atoms with Crippen molar-refractivity contribution in [1.29, 1.82) is 0 Å². The predicted octanol–water partition coefficient (Wildman–Crippen LogP) is 1.26. The molecule has 0 bridgehead atoms. The highest BCUT2D eigenvalue weighted by Gasteiger charge is 2.03. The maximum absolute atomic E-state index is 11.2. The van der Waals surface area contributed by atoms with Gasteiger partial charge < -0.3 is 33.2 Å². The van der Waals surface area contributed by atoms with Gasteiger partial charge >= 0.3 is 6.16 Å². The molecule has 138 valence electrons. The standard InChI is InChI=1S/C15H30O8/c1-3-17-5-7-19-9-10-21-12-14-23-15(16)22-13-11-20-8-6-18-4-2/h3-14H2,1-2H3. The minimum absolute atomic E-state index is 0.142. The summed E-state index contributed by atoms with van der Waals surface area (Å²) in [5.74, 6) is 0. The van der Waals surface area contributed by atoms with E-state index in [1.54, 1.807) is 0 Å². The third-order valence-corrected chi connectivity index (χ3v) is 2.42. The zero-order valence-corrected chi connectivity index (χ0v) is 14.3. The largest absolute Gasteiger partial charge is 0.508 e. The summed E-state index contributed by atoms with van der Waals surface area (Å²) in [5, 5.41) is 0. The Balaban J connectivity index is 3.13. The summed E-state index contributed by atoms with van der Waals surface area (Å²) in [4.78, 5) is 11.2. The van der Waals surface area contributed by atoms with Gasteiger partial charge in [0, 0.05) is 13.2 Å². The SMILES string of the molecule is CCOCCOCCOCCOC(=O)OCCOCCOCC. The van der Waals surface area contributed by atoms with Crippen molar-refractivity contribution in [2.45, 2.75) is 13.8 Å². The van der Waals surface area contributed by atoms with Gasteiger partial charge in [-0.25, -0.2) is 4.79 Å². The molecule has 0 radical (unpaired) electrons. The highest BCUT2D eigenvalue weighted by Crippen LogP contribution is 1.88. The van der Waals surface area contributed by atoms with Gasteiger partial charge in [0.25, 0.3) is 0 Å². The molecular formula is C15H30O8. The van der Waals surface area contributed by atoms with Crippen LogP contribution in [0.2, 0.25) is 0 Å². The van der Waals surface area contributed by atoms with E-state index in [4.69, 9.17) is 33.2 Å². The number of ether oxygens (including phenoxy) is 7. The third kappa shape index (κ3) is 19.0. The molecule has 0 aromatic rings. The van der Waals surface area contributed by atoms with Gasteiger partial charge in [0.05, 0.1) is 52.9 Å². The fourth-order valence-corrected chi connectivity index (χ4v) is 1.36. The Morgan fingerprint density at radius 2 is 0.826 bits per heavy atom. The van der Waals surface area contributed by atoms with Crippen molar-refractivity contribution in [3.05, 3.63) is 0 Å². The molecule has 0 aliphatic carbocycles. The van der Waals surface area contributed by atoms with Crippen molar-refractivity contribution in [2.75, 3.05) is 79.3 Å². The number of carbonyl (C=O) groups is 1. The monoisotopic (exact) mass is 338 g/mol. The van der Waals surface area contributed by atoms with Crippen LogP contribution >= 0.6 is 0 Å². The first-order valence-electron chi connectivity index (χ1n) is 7.99. The molecule has 8 heteroatoms.